The third-order valence-electron chi connectivity index (χ3n) is 2.50. The Hall–Kier alpha value is -1.30. The van der Waals surface area contributed by atoms with Gasteiger partial charge < -0.3 is 20.5 Å². The van der Waals surface area contributed by atoms with Gasteiger partial charge in [-0.2, -0.15) is 0 Å². The summed E-state index contributed by atoms with van der Waals surface area (Å²) in [6.07, 6.45) is 4.42. The van der Waals surface area contributed by atoms with Gasteiger partial charge in [0.05, 0.1) is 0 Å². The number of rotatable bonds is 12. The number of carbonyl (C=O) groups excluding carboxylic acids is 1. The Bertz CT molecular complexity index is 247. The summed E-state index contributed by atoms with van der Waals surface area (Å²) in [7, 11) is 0. The predicted octanol–water partition coefficient (Wildman–Crippen LogP) is 1.75. The molecule has 0 spiro atoms. The van der Waals surface area contributed by atoms with Crippen molar-refractivity contribution in [3.05, 3.63) is 0 Å². The number of carbonyl (C=O) groups is 2. The summed E-state index contributed by atoms with van der Waals surface area (Å²) in [4.78, 5) is 21.5. The van der Waals surface area contributed by atoms with Gasteiger partial charge in [0.25, 0.3) is 0 Å². The van der Waals surface area contributed by atoms with Gasteiger partial charge >= 0.3 is 12.0 Å². The van der Waals surface area contributed by atoms with Gasteiger partial charge in [-0.1, -0.05) is 13.3 Å². The molecule has 0 aromatic rings. The maximum atomic E-state index is 11.3. The molecule has 0 saturated carbocycles. The van der Waals surface area contributed by atoms with Crippen LogP contribution in [-0.4, -0.2) is 43.4 Å². The monoisotopic (exact) mass is 274 g/mol. The normalized spacial score (nSPS) is 10.2. The van der Waals surface area contributed by atoms with Crippen molar-refractivity contribution in [2.75, 3.05) is 26.3 Å². The first-order chi connectivity index (χ1) is 9.16. The van der Waals surface area contributed by atoms with Crippen LogP contribution in [0, 0.1) is 0 Å². The van der Waals surface area contributed by atoms with Gasteiger partial charge in [0.2, 0.25) is 0 Å². The van der Waals surface area contributed by atoms with E-state index in [0.717, 1.165) is 25.9 Å². The molecule has 6 heteroatoms. The second-order valence-electron chi connectivity index (χ2n) is 4.35. The van der Waals surface area contributed by atoms with Crippen LogP contribution in [0.2, 0.25) is 0 Å². The van der Waals surface area contributed by atoms with Crippen molar-refractivity contribution < 1.29 is 19.4 Å². The number of urea groups is 1. The second-order valence-corrected chi connectivity index (χ2v) is 4.35. The van der Waals surface area contributed by atoms with E-state index in [1.807, 2.05) is 0 Å². The van der Waals surface area contributed by atoms with Gasteiger partial charge in [-0.3, -0.25) is 4.79 Å². The highest BCUT2D eigenvalue weighted by molar-refractivity contribution is 5.73. The van der Waals surface area contributed by atoms with Gasteiger partial charge in [0, 0.05) is 32.7 Å². The fraction of sp³-hybridized carbons (Fsp3) is 0.846. The van der Waals surface area contributed by atoms with E-state index in [1.165, 1.54) is 0 Å². The van der Waals surface area contributed by atoms with Crippen LogP contribution in [0.5, 0.6) is 0 Å². The third-order valence-corrected chi connectivity index (χ3v) is 2.50. The highest BCUT2D eigenvalue weighted by Gasteiger charge is 2.00. The zero-order chi connectivity index (χ0) is 14.3. The Kier molecular flexibility index (Phi) is 12.2. The lowest BCUT2D eigenvalue weighted by atomic mass is 10.2. The van der Waals surface area contributed by atoms with E-state index >= 15 is 0 Å². The fourth-order valence-corrected chi connectivity index (χ4v) is 1.39. The van der Waals surface area contributed by atoms with Gasteiger partial charge in [-0.15, -0.1) is 0 Å². The molecular formula is C13H26N2O4. The molecule has 0 atom stereocenters. The molecule has 2 amide bonds. The van der Waals surface area contributed by atoms with Gasteiger partial charge in [0.1, 0.15) is 0 Å². The van der Waals surface area contributed by atoms with E-state index in [1.54, 1.807) is 0 Å². The molecule has 0 heterocycles. The summed E-state index contributed by atoms with van der Waals surface area (Å²) in [5.74, 6) is -0.799. The zero-order valence-corrected chi connectivity index (χ0v) is 11.7. The Labute approximate surface area is 114 Å². The number of nitrogens with one attached hydrogen (secondary N) is 2. The smallest absolute Gasteiger partial charge is 0.314 e. The maximum absolute atomic E-state index is 11.3. The third kappa shape index (κ3) is 14.6. The molecule has 0 aliphatic carbocycles. The second kappa shape index (κ2) is 13.1. The standard InChI is InChI=1S/C13H26N2O4/c1-2-3-10-19-11-6-9-15-13(18)14-8-5-4-7-12(16)17/h2-11H2,1H3,(H,16,17)(H2,14,15,18). The Balaban J connectivity index is 3.19. The highest BCUT2D eigenvalue weighted by Crippen LogP contribution is 1.93. The number of hydrogen-bond acceptors (Lipinski definition) is 3. The highest BCUT2D eigenvalue weighted by atomic mass is 16.5. The lowest BCUT2D eigenvalue weighted by molar-refractivity contribution is -0.137. The summed E-state index contributed by atoms with van der Waals surface area (Å²) in [5, 5.41) is 13.8. The zero-order valence-electron chi connectivity index (χ0n) is 11.7. The summed E-state index contributed by atoms with van der Waals surface area (Å²) < 4.78 is 5.36. The molecule has 0 saturated heterocycles. The average Bonchev–Trinajstić information content (AvgIpc) is 2.37. The average molecular weight is 274 g/mol. The van der Waals surface area contributed by atoms with E-state index in [-0.39, 0.29) is 12.5 Å². The minimum absolute atomic E-state index is 0.151. The van der Waals surface area contributed by atoms with Gasteiger partial charge in [-0.25, -0.2) is 4.79 Å². The number of aliphatic carboxylic acids is 1. The molecule has 0 aliphatic heterocycles. The molecule has 0 radical (unpaired) electrons. The molecule has 0 rings (SSSR count). The molecule has 0 aromatic heterocycles. The molecule has 0 unspecified atom stereocenters. The van der Waals surface area contributed by atoms with Crippen LogP contribution in [0.3, 0.4) is 0 Å². The summed E-state index contributed by atoms with van der Waals surface area (Å²) >= 11 is 0. The van der Waals surface area contributed by atoms with Crippen molar-refractivity contribution in [1.82, 2.24) is 10.6 Å². The number of unbranched alkanes of at least 4 members (excludes halogenated alkanes) is 2. The summed E-state index contributed by atoms with van der Waals surface area (Å²) in [5.41, 5.74) is 0. The number of carboxylic acids is 1. The van der Waals surface area contributed by atoms with Crippen molar-refractivity contribution in [1.29, 1.82) is 0 Å². The predicted molar refractivity (Wildman–Crippen MR) is 73.2 cm³/mol. The van der Waals surface area contributed by atoms with Crippen LogP contribution in [0.15, 0.2) is 0 Å². The largest absolute Gasteiger partial charge is 0.481 e. The van der Waals surface area contributed by atoms with Crippen molar-refractivity contribution in [3.8, 4) is 0 Å². The first-order valence-corrected chi connectivity index (χ1v) is 6.98. The van der Waals surface area contributed by atoms with Crippen molar-refractivity contribution in [2.24, 2.45) is 0 Å². The molecule has 0 aliphatic rings. The number of amides is 2. The SMILES string of the molecule is CCCCOCCCNC(=O)NCCCCC(=O)O. The van der Waals surface area contributed by atoms with Crippen LogP contribution in [0.1, 0.15) is 45.4 Å². The first-order valence-electron chi connectivity index (χ1n) is 6.98. The van der Waals surface area contributed by atoms with Gasteiger partial charge in [-0.05, 0) is 25.7 Å². The number of carboxylic acid groups (broad SMARTS) is 1. The van der Waals surface area contributed by atoms with Crippen LogP contribution in [0.4, 0.5) is 4.79 Å². The Morgan fingerprint density at radius 3 is 2.26 bits per heavy atom. The van der Waals surface area contributed by atoms with Gasteiger partial charge in [0.15, 0.2) is 0 Å². The van der Waals surface area contributed by atoms with Crippen LogP contribution < -0.4 is 10.6 Å². The van der Waals surface area contributed by atoms with E-state index in [2.05, 4.69) is 17.6 Å². The van der Waals surface area contributed by atoms with E-state index in [9.17, 15) is 9.59 Å². The van der Waals surface area contributed by atoms with Crippen molar-refractivity contribution >= 4 is 12.0 Å². The molecular weight excluding hydrogens is 248 g/mol. The van der Waals surface area contributed by atoms with E-state index in [4.69, 9.17) is 9.84 Å². The molecule has 0 bridgehead atoms. The maximum Gasteiger partial charge on any atom is 0.314 e. The number of ether oxygens (including phenoxy) is 1. The van der Waals surface area contributed by atoms with Crippen LogP contribution in [-0.2, 0) is 9.53 Å². The van der Waals surface area contributed by atoms with E-state index in [0.29, 0.717) is 32.5 Å². The minimum atomic E-state index is -0.799. The Morgan fingerprint density at radius 1 is 1.00 bits per heavy atom. The first kappa shape index (κ1) is 17.7. The molecule has 19 heavy (non-hydrogen) atoms. The van der Waals surface area contributed by atoms with Crippen LogP contribution >= 0.6 is 0 Å². The Morgan fingerprint density at radius 2 is 1.63 bits per heavy atom. The quantitative estimate of drug-likeness (QED) is 0.473. The number of hydrogen-bond donors (Lipinski definition) is 3. The summed E-state index contributed by atoms with van der Waals surface area (Å²) in [6.45, 7) is 4.66. The minimum Gasteiger partial charge on any atom is -0.481 e. The van der Waals surface area contributed by atoms with E-state index < -0.39 is 5.97 Å². The molecule has 112 valence electrons. The molecule has 6 nitrogen and oxygen atoms in total. The molecule has 3 N–H and O–H groups in total. The molecule has 0 fully saturated rings. The lowest BCUT2D eigenvalue weighted by Gasteiger charge is -2.07. The fourth-order valence-electron chi connectivity index (χ4n) is 1.39. The molecule has 0 aromatic carbocycles. The lowest BCUT2D eigenvalue weighted by Crippen LogP contribution is -2.36. The van der Waals surface area contributed by atoms with Crippen LogP contribution in [0.25, 0.3) is 0 Å². The van der Waals surface area contributed by atoms with Crippen molar-refractivity contribution in [3.63, 3.8) is 0 Å². The summed E-state index contributed by atoms with van der Waals surface area (Å²) in [6, 6.07) is -0.205. The topological polar surface area (TPSA) is 87.7 Å². The van der Waals surface area contributed by atoms with Crippen molar-refractivity contribution in [2.45, 2.75) is 45.4 Å².